The molecule has 1 aromatic heterocycles. The van der Waals surface area contributed by atoms with Gasteiger partial charge in [0.2, 0.25) is 0 Å². The first-order valence-electron chi connectivity index (χ1n) is 12.2. The van der Waals surface area contributed by atoms with Crippen LogP contribution in [0.4, 0.5) is 0 Å². The highest BCUT2D eigenvalue weighted by Gasteiger charge is 2.05. The lowest BCUT2D eigenvalue weighted by atomic mass is 10.1. The molecule has 5 nitrogen and oxygen atoms in total. The van der Waals surface area contributed by atoms with E-state index < -0.39 is 0 Å². The van der Waals surface area contributed by atoms with Crippen LogP contribution in [0.1, 0.15) is 58.3 Å². The second kappa shape index (κ2) is 13.5. The van der Waals surface area contributed by atoms with Crippen LogP contribution in [0.2, 0.25) is 0 Å². The normalized spacial score (nSPS) is 10.9. The first-order chi connectivity index (χ1) is 16.2. The number of ether oxygens (including phenoxy) is 2. The van der Waals surface area contributed by atoms with E-state index in [0.717, 1.165) is 55.8 Å². The maximum Gasteiger partial charge on any atom is 0.193 e. The van der Waals surface area contributed by atoms with Crippen molar-refractivity contribution >= 4 is 0 Å². The van der Waals surface area contributed by atoms with E-state index >= 15 is 0 Å². The molecule has 3 rings (SSSR count). The third-order valence-corrected chi connectivity index (χ3v) is 5.79. The predicted molar refractivity (Wildman–Crippen MR) is 133 cm³/mol. The second-order valence-corrected chi connectivity index (χ2v) is 8.42. The van der Waals surface area contributed by atoms with Crippen molar-refractivity contribution in [3.63, 3.8) is 0 Å². The molecule has 5 heteroatoms. The van der Waals surface area contributed by atoms with E-state index in [0.29, 0.717) is 13.2 Å². The summed E-state index contributed by atoms with van der Waals surface area (Å²) in [6.07, 6.45) is 8.82. The van der Waals surface area contributed by atoms with Gasteiger partial charge in [-0.05, 0) is 54.7 Å². The molecule has 3 aromatic rings. The fraction of sp³-hybridized carbons (Fsp3) is 0.429. The summed E-state index contributed by atoms with van der Waals surface area (Å²) in [5.41, 5.74) is 2.33. The quantitative estimate of drug-likeness (QED) is 0.241. The monoisotopic (exact) mass is 451 g/mol. The molecule has 0 saturated carbocycles. The van der Waals surface area contributed by atoms with Crippen LogP contribution in [-0.4, -0.2) is 28.0 Å². The van der Waals surface area contributed by atoms with Gasteiger partial charge in [0.1, 0.15) is 11.5 Å². The number of hydrogen-bond donors (Lipinski definition) is 2. The summed E-state index contributed by atoms with van der Waals surface area (Å²) in [4.78, 5) is 0. The molecule has 0 radical (unpaired) electrons. The van der Waals surface area contributed by atoms with Gasteiger partial charge in [-0.2, -0.15) is 0 Å². The molecule has 1 heterocycles. The third-order valence-electron chi connectivity index (χ3n) is 5.79. The summed E-state index contributed by atoms with van der Waals surface area (Å²) in [6, 6.07) is 19.5. The van der Waals surface area contributed by atoms with Crippen molar-refractivity contribution in [1.29, 1.82) is 0 Å². The Morgan fingerprint density at radius 2 is 1.03 bits per heavy atom. The smallest absolute Gasteiger partial charge is 0.193 e. The minimum Gasteiger partial charge on any atom is -0.494 e. The number of aromatic nitrogens is 1. The highest BCUT2D eigenvalue weighted by Crippen LogP contribution is 2.25. The molecule has 0 atom stereocenters. The minimum absolute atomic E-state index is 0.112. The molecule has 0 aliphatic heterocycles. The Hall–Kier alpha value is -3.08. The Balaban J connectivity index is 1.32. The van der Waals surface area contributed by atoms with Crippen LogP contribution in [0.25, 0.3) is 11.1 Å². The minimum atomic E-state index is 0.112. The highest BCUT2D eigenvalue weighted by molar-refractivity contribution is 5.64. The Labute approximate surface area is 197 Å². The first kappa shape index (κ1) is 24.6. The van der Waals surface area contributed by atoms with Crippen molar-refractivity contribution in [2.75, 3.05) is 13.2 Å². The van der Waals surface area contributed by atoms with Gasteiger partial charge in [-0.3, -0.25) is 4.57 Å². The largest absolute Gasteiger partial charge is 0.494 e. The van der Waals surface area contributed by atoms with E-state index in [9.17, 15) is 10.2 Å². The van der Waals surface area contributed by atoms with E-state index in [4.69, 9.17) is 9.47 Å². The van der Waals surface area contributed by atoms with Gasteiger partial charge in [0.25, 0.3) is 0 Å². The molecule has 0 amide bonds. The molecular weight excluding hydrogens is 414 g/mol. The average molecular weight is 452 g/mol. The van der Waals surface area contributed by atoms with Crippen LogP contribution >= 0.6 is 0 Å². The van der Waals surface area contributed by atoms with Crippen LogP contribution in [-0.2, 0) is 6.54 Å². The van der Waals surface area contributed by atoms with Crippen molar-refractivity contribution in [3.05, 3.63) is 60.7 Å². The van der Waals surface area contributed by atoms with Crippen LogP contribution < -0.4 is 9.47 Å². The molecule has 0 aliphatic rings. The third kappa shape index (κ3) is 8.08. The summed E-state index contributed by atoms with van der Waals surface area (Å²) in [6.45, 7) is 4.31. The molecule has 2 N–H and O–H groups in total. The number of aromatic hydroxyl groups is 2. The van der Waals surface area contributed by atoms with Crippen LogP contribution in [0, 0.1) is 0 Å². The van der Waals surface area contributed by atoms with E-state index in [1.54, 1.807) is 0 Å². The highest BCUT2D eigenvalue weighted by atomic mass is 16.5. The van der Waals surface area contributed by atoms with Crippen molar-refractivity contribution in [1.82, 2.24) is 4.57 Å². The van der Waals surface area contributed by atoms with Crippen molar-refractivity contribution in [2.24, 2.45) is 0 Å². The lowest BCUT2D eigenvalue weighted by molar-refractivity contribution is 0.302. The van der Waals surface area contributed by atoms with Crippen molar-refractivity contribution in [2.45, 2.75) is 64.8 Å². The van der Waals surface area contributed by atoms with Gasteiger partial charge in [-0.1, -0.05) is 63.3 Å². The van der Waals surface area contributed by atoms with E-state index in [1.807, 2.05) is 24.3 Å². The predicted octanol–water partition coefficient (Wildman–Crippen LogP) is 7.16. The fourth-order valence-electron chi connectivity index (χ4n) is 3.80. The topological polar surface area (TPSA) is 63.9 Å². The molecule has 178 valence electrons. The zero-order chi connectivity index (χ0) is 23.3. The Morgan fingerprint density at radius 1 is 0.576 bits per heavy atom. The second-order valence-electron chi connectivity index (χ2n) is 8.42. The van der Waals surface area contributed by atoms with Gasteiger partial charge in [0, 0.05) is 18.7 Å². The Bertz CT molecular complexity index is 912. The number of nitrogens with zero attached hydrogens (tertiary/aromatic N) is 1. The number of unbranched alkanes of at least 4 members (excludes halogenated alkanes) is 6. The van der Waals surface area contributed by atoms with Crippen LogP contribution in [0.3, 0.4) is 0 Å². The lowest BCUT2D eigenvalue weighted by Gasteiger charge is -2.09. The maximum absolute atomic E-state index is 9.63. The zero-order valence-electron chi connectivity index (χ0n) is 19.7. The van der Waals surface area contributed by atoms with E-state index in [2.05, 4.69) is 31.2 Å². The molecular formula is C28H37NO4. The van der Waals surface area contributed by atoms with Crippen molar-refractivity contribution < 1.29 is 19.7 Å². The number of hydrogen-bond acceptors (Lipinski definition) is 4. The molecule has 0 saturated heterocycles. The van der Waals surface area contributed by atoms with Crippen LogP contribution in [0.15, 0.2) is 60.7 Å². The number of benzene rings is 2. The van der Waals surface area contributed by atoms with Gasteiger partial charge in [0.05, 0.1) is 13.2 Å². The summed E-state index contributed by atoms with van der Waals surface area (Å²) in [5, 5.41) is 19.3. The summed E-state index contributed by atoms with van der Waals surface area (Å²) < 4.78 is 13.2. The maximum atomic E-state index is 9.63. The van der Waals surface area contributed by atoms with Gasteiger partial charge < -0.3 is 19.7 Å². The zero-order valence-corrected chi connectivity index (χ0v) is 19.7. The van der Waals surface area contributed by atoms with Gasteiger partial charge >= 0.3 is 0 Å². The molecule has 33 heavy (non-hydrogen) atoms. The van der Waals surface area contributed by atoms with Crippen molar-refractivity contribution in [3.8, 4) is 34.4 Å². The molecule has 0 spiro atoms. The SMILES string of the molecule is CCCCCCOc1ccc(-c2ccc(OCCCCCCn3c(O)ccc3O)cc2)cc1. The Morgan fingerprint density at radius 3 is 1.52 bits per heavy atom. The molecule has 0 aliphatic carbocycles. The molecule has 0 unspecified atom stereocenters. The standard InChI is InChI=1S/C28H37NO4/c1-2-3-4-8-21-32-25-14-10-23(11-15-25)24-12-16-26(17-13-24)33-22-9-6-5-7-20-29-27(30)18-19-28(29)31/h10-19,30-31H,2-9,20-22H2,1H3. The average Bonchev–Trinajstić information content (AvgIpc) is 3.16. The summed E-state index contributed by atoms with van der Waals surface area (Å²) >= 11 is 0. The first-order valence-corrected chi connectivity index (χ1v) is 12.2. The summed E-state index contributed by atoms with van der Waals surface area (Å²) in [5.74, 6) is 2.04. The summed E-state index contributed by atoms with van der Waals surface area (Å²) in [7, 11) is 0. The molecule has 0 fully saturated rings. The van der Waals surface area contributed by atoms with Gasteiger partial charge in [0.15, 0.2) is 11.8 Å². The van der Waals surface area contributed by atoms with Gasteiger partial charge in [-0.25, -0.2) is 0 Å². The molecule has 0 bridgehead atoms. The van der Waals surface area contributed by atoms with E-state index in [-0.39, 0.29) is 11.8 Å². The van der Waals surface area contributed by atoms with Crippen LogP contribution in [0.5, 0.6) is 23.3 Å². The molecule has 2 aromatic carbocycles. The van der Waals surface area contributed by atoms with Gasteiger partial charge in [-0.15, -0.1) is 0 Å². The van der Waals surface area contributed by atoms with E-state index in [1.165, 1.54) is 41.5 Å². The fourth-order valence-corrected chi connectivity index (χ4v) is 3.80. The Kier molecular flexibility index (Phi) is 10.0. The number of rotatable bonds is 15. The lowest BCUT2D eigenvalue weighted by Crippen LogP contribution is -1.99.